The van der Waals surface area contributed by atoms with Gasteiger partial charge in [0.1, 0.15) is 6.29 Å². The molecule has 0 unspecified atom stereocenters. The van der Waals surface area contributed by atoms with Crippen molar-refractivity contribution in [2.24, 2.45) is 0 Å². The fourth-order valence-electron chi connectivity index (χ4n) is 1.26. The minimum absolute atomic E-state index is 0.785. The predicted molar refractivity (Wildman–Crippen MR) is 60.0 cm³/mol. The Bertz CT molecular complexity index is 373. The Morgan fingerprint density at radius 2 is 2.14 bits per heavy atom. The molecule has 0 aliphatic heterocycles. The molecule has 0 bridgehead atoms. The highest BCUT2D eigenvalue weighted by molar-refractivity contribution is 5.67. The van der Waals surface area contributed by atoms with E-state index in [4.69, 9.17) is 0 Å². The molecule has 0 radical (unpaired) electrons. The minimum atomic E-state index is 0.785. The highest BCUT2D eigenvalue weighted by atomic mass is 16.1. The number of aldehydes is 1. The number of carbonyl (C=O) groups is 1. The van der Waals surface area contributed by atoms with Crippen LogP contribution in [0.25, 0.3) is 6.08 Å². The van der Waals surface area contributed by atoms with Gasteiger partial charge in [0.15, 0.2) is 0 Å². The first-order valence-electron chi connectivity index (χ1n) is 4.59. The first-order chi connectivity index (χ1) is 6.72. The first-order valence-corrected chi connectivity index (χ1v) is 4.59. The number of rotatable bonds is 3. The van der Waals surface area contributed by atoms with E-state index >= 15 is 0 Å². The summed E-state index contributed by atoms with van der Waals surface area (Å²) in [6.07, 6.45) is 6.14. The van der Waals surface area contributed by atoms with Crippen LogP contribution in [0, 0.1) is 6.92 Å². The van der Waals surface area contributed by atoms with Gasteiger partial charge in [0.05, 0.1) is 0 Å². The second-order valence-corrected chi connectivity index (χ2v) is 3.30. The van der Waals surface area contributed by atoms with Crippen molar-refractivity contribution in [3.8, 4) is 0 Å². The zero-order valence-corrected chi connectivity index (χ0v) is 8.53. The molecule has 0 atom stereocenters. The lowest BCUT2D eigenvalue weighted by Crippen LogP contribution is -1.76. The van der Waals surface area contributed by atoms with Crippen LogP contribution in [0.3, 0.4) is 0 Å². The summed E-state index contributed by atoms with van der Waals surface area (Å²) < 4.78 is 0. The quantitative estimate of drug-likeness (QED) is 0.402. The van der Waals surface area contributed by atoms with Crippen LogP contribution in [0.5, 0.6) is 0 Å². The standard InChI is InChI=1S/C13H14O/c1-11-5-3-7-13(9-11)10-12(2)6-4-8-14/h3-10H,1-2H3/b6-4+,12-10-. The van der Waals surface area contributed by atoms with Gasteiger partial charge in [-0.25, -0.2) is 0 Å². The second-order valence-electron chi connectivity index (χ2n) is 3.30. The number of allylic oxidation sites excluding steroid dienone is 3. The van der Waals surface area contributed by atoms with E-state index in [2.05, 4.69) is 19.1 Å². The normalized spacial score (nSPS) is 12.0. The topological polar surface area (TPSA) is 17.1 Å². The number of aryl methyl sites for hydroxylation is 1. The third-order valence-corrected chi connectivity index (χ3v) is 1.87. The van der Waals surface area contributed by atoms with Gasteiger partial charge in [0, 0.05) is 0 Å². The van der Waals surface area contributed by atoms with E-state index in [1.807, 2.05) is 25.1 Å². The van der Waals surface area contributed by atoms with Crippen LogP contribution in [0.2, 0.25) is 0 Å². The molecule has 0 heterocycles. The van der Waals surface area contributed by atoms with Gasteiger partial charge in [-0.2, -0.15) is 0 Å². The summed E-state index contributed by atoms with van der Waals surface area (Å²) in [5.41, 5.74) is 3.48. The van der Waals surface area contributed by atoms with Crippen molar-refractivity contribution in [1.29, 1.82) is 0 Å². The summed E-state index contributed by atoms with van der Waals surface area (Å²) in [4.78, 5) is 10.1. The van der Waals surface area contributed by atoms with Gasteiger partial charge in [-0.1, -0.05) is 47.6 Å². The van der Waals surface area contributed by atoms with Crippen LogP contribution in [0.1, 0.15) is 18.1 Å². The van der Waals surface area contributed by atoms with Crippen molar-refractivity contribution in [2.75, 3.05) is 0 Å². The molecule has 14 heavy (non-hydrogen) atoms. The maximum absolute atomic E-state index is 10.1. The van der Waals surface area contributed by atoms with Gasteiger partial charge in [-0.15, -0.1) is 0 Å². The lowest BCUT2D eigenvalue weighted by Gasteiger charge is -1.96. The van der Waals surface area contributed by atoms with Crippen molar-refractivity contribution in [3.05, 3.63) is 53.1 Å². The number of hydrogen-bond acceptors (Lipinski definition) is 1. The number of hydrogen-bond donors (Lipinski definition) is 0. The Morgan fingerprint density at radius 1 is 1.36 bits per heavy atom. The molecule has 0 aliphatic rings. The molecule has 1 aromatic rings. The van der Waals surface area contributed by atoms with Gasteiger partial charge in [-0.05, 0) is 25.5 Å². The van der Waals surface area contributed by atoms with Gasteiger partial charge >= 0.3 is 0 Å². The van der Waals surface area contributed by atoms with Gasteiger partial charge in [-0.3, -0.25) is 4.79 Å². The van der Waals surface area contributed by atoms with E-state index in [0.29, 0.717) is 0 Å². The number of carbonyl (C=O) groups excluding carboxylic acids is 1. The highest BCUT2D eigenvalue weighted by Crippen LogP contribution is 2.09. The molecule has 0 aliphatic carbocycles. The van der Waals surface area contributed by atoms with Gasteiger partial charge in [0.2, 0.25) is 0 Å². The van der Waals surface area contributed by atoms with Crippen molar-refractivity contribution in [1.82, 2.24) is 0 Å². The molecule has 1 nitrogen and oxygen atoms in total. The average molecular weight is 186 g/mol. The molecular weight excluding hydrogens is 172 g/mol. The van der Waals surface area contributed by atoms with Crippen molar-refractivity contribution in [3.63, 3.8) is 0 Å². The summed E-state index contributed by atoms with van der Waals surface area (Å²) in [7, 11) is 0. The van der Waals surface area contributed by atoms with Crippen molar-refractivity contribution < 1.29 is 4.79 Å². The van der Waals surface area contributed by atoms with Crippen LogP contribution < -0.4 is 0 Å². The summed E-state index contributed by atoms with van der Waals surface area (Å²) in [6, 6.07) is 8.25. The smallest absolute Gasteiger partial charge is 0.142 e. The zero-order valence-electron chi connectivity index (χ0n) is 8.53. The summed E-state index contributed by atoms with van der Waals surface area (Å²) in [5.74, 6) is 0. The van der Waals surface area contributed by atoms with Crippen LogP contribution in [-0.2, 0) is 4.79 Å². The molecule has 0 saturated heterocycles. The molecule has 0 saturated carbocycles. The Hall–Kier alpha value is -1.63. The number of benzene rings is 1. The summed E-state index contributed by atoms with van der Waals surface area (Å²) in [6.45, 7) is 4.04. The third-order valence-electron chi connectivity index (χ3n) is 1.87. The van der Waals surface area contributed by atoms with Gasteiger partial charge in [0.25, 0.3) is 0 Å². The highest BCUT2D eigenvalue weighted by Gasteiger charge is 1.88. The summed E-state index contributed by atoms with van der Waals surface area (Å²) in [5, 5.41) is 0. The average Bonchev–Trinajstić information content (AvgIpc) is 2.15. The molecule has 0 amide bonds. The van der Waals surface area contributed by atoms with E-state index < -0.39 is 0 Å². The molecule has 0 fully saturated rings. The van der Waals surface area contributed by atoms with E-state index in [1.54, 1.807) is 6.08 Å². The Balaban J connectivity index is 2.85. The van der Waals surface area contributed by atoms with Crippen molar-refractivity contribution in [2.45, 2.75) is 13.8 Å². The fourth-order valence-corrected chi connectivity index (χ4v) is 1.26. The fraction of sp³-hybridized carbons (Fsp3) is 0.154. The van der Waals surface area contributed by atoms with E-state index in [9.17, 15) is 4.79 Å². The predicted octanol–water partition coefficient (Wildman–Crippen LogP) is 3.15. The van der Waals surface area contributed by atoms with E-state index in [0.717, 1.165) is 17.4 Å². The zero-order chi connectivity index (χ0) is 10.4. The Kier molecular flexibility index (Phi) is 3.86. The molecule has 0 spiro atoms. The molecule has 0 N–H and O–H groups in total. The third kappa shape index (κ3) is 3.40. The van der Waals surface area contributed by atoms with E-state index in [1.165, 1.54) is 11.6 Å². The Labute approximate surface area is 84.8 Å². The molecule has 0 aromatic heterocycles. The molecular formula is C13H14O. The minimum Gasteiger partial charge on any atom is -0.299 e. The largest absolute Gasteiger partial charge is 0.299 e. The van der Waals surface area contributed by atoms with Gasteiger partial charge < -0.3 is 0 Å². The first kappa shape index (κ1) is 10.5. The lowest BCUT2D eigenvalue weighted by molar-refractivity contribution is -0.104. The Morgan fingerprint density at radius 3 is 2.79 bits per heavy atom. The SMILES string of the molecule is CC(=C/c1cccc(C)c1)/C=C/C=O. The molecule has 72 valence electrons. The second kappa shape index (κ2) is 5.18. The maximum Gasteiger partial charge on any atom is 0.142 e. The van der Waals surface area contributed by atoms with E-state index in [-0.39, 0.29) is 0 Å². The van der Waals surface area contributed by atoms with Crippen LogP contribution >= 0.6 is 0 Å². The lowest BCUT2D eigenvalue weighted by atomic mass is 10.1. The maximum atomic E-state index is 10.1. The van der Waals surface area contributed by atoms with Crippen LogP contribution in [0.15, 0.2) is 42.0 Å². The molecule has 1 aromatic carbocycles. The molecule has 1 rings (SSSR count). The van der Waals surface area contributed by atoms with Crippen LogP contribution in [0.4, 0.5) is 0 Å². The molecule has 1 heteroatoms. The van der Waals surface area contributed by atoms with Crippen molar-refractivity contribution >= 4 is 12.4 Å². The summed E-state index contributed by atoms with van der Waals surface area (Å²) >= 11 is 0. The monoisotopic (exact) mass is 186 g/mol. The van der Waals surface area contributed by atoms with Crippen LogP contribution in [-0.4, -0.2) is 6.29 Å².